The van der Waals surface area contributed by atoms with Crippen LogP contribution in [0.15, 0.2) is 54.1 Å². The zero-order valence-electron chi connectivity index (χ0n) is 15.8. The molecule has 1 heterocycles. The number of amides is 1. The molecule has 0 radical (unpaired) electrons. The van der Waals surface area contributed by atoms with E-state index in [1.807, 2.05) is 36.4 Å². The topological polar surface area (TPSA) is 64.6 Å². The van der Waals surface area contributed by atoms with E-state index in [1.165, 1.54) is 5.56 Å². The summed E-state index contributed by atoms with van der Waals surface area (Å²) in [5.41, 5.74) is 3.66. The molecule has 1 N–H and O–H groups in total. The summed E-state index contributed by atoms with van der Waals surface area (Å²) in [6.07, 6.45) is 3.82. The smallest absolute Gasteiger partial charge is 0.338 e. The fourth-order valence-electron chi connectivity index (χ4n) is 3.72. The monoisotopic (exact) mass is 377 g/mol. The summed E-state index contributed by atoms with van der Waals surface area (Å²) < 4.78 is 11.0. The minimum Gasteiger partial charge on any atom is -0.488 e. The Bertz CT molecular complexity index is 934. The Kier molecular flexibility index (Phi) is 5.15. The van der Waals surface area contributed by atoms with Crippen molar-refractivity contribution in [3.8, 4) is 5.75 Å². The third-order valence-electron chi connectivity index (χ3n) is 5.23. The summed E-state index contributed by atoms with van der Waals surface area (Å²) in [4.78, 5) is 25.1. The van der Waals surface area contributed by atoms with Gasteiger partial charge in [0.05, 0.1) is 11.6 Å². The third kappa shape index (κ3) is 3.79. The number of carbonyl (C=O) groups excluding carboxylic acids is 2. The van der Waals surface area contributed by atoms with Crippen LogP contribution >= 0.6 is 0 Å². The van der Waals surface area contributed by atoms with E-state index < -0.39 is 12.1 Å². The number of ether oxygens (including phenoxy) is 2. The molecule has 144 valence electrons. The zero-order chi connectivity index (χ0) is 19.5. The SMILES string of the molecule is C[C@H](OC(=O)C1=Cc2ccccc2OC1)C(=O)N[C@H]1CCCc2ccccc21. The maximum absolute atomic E-state index is 12.6. The Morgan fingerprint density at radius 1 is 1.14 bits per heavy atom. The highest BCUT2D eigenvalue weighted by molar-refractivity contribution is 5.96. The normalized spacial score (nSPS) is 18.6. The van der Waals surface area contributed by atoms with E-state index in [4.69, 9.17) is 9.47 Å². The number of hydrogen-bond donors (Lipinski definition) is 1. The van der Waals surface area contributed by atoms with Gasteiger partial charge in [-0.1, -0.05) is 42.5 Å². The second-order valence-electron chi connectivity index (χ2n) is 7.20. The van der Waals surface area contributed by atoms with Gasteiger partial charge in [0.15, 0.2) is 6.10 Å². The quantitative estimate of drug-likeness (QED) is 0.827. The Morgan fingerprint density at radius 3 is 2.82 bits per heavy atom. The Morgan fingerprint density at radius 2 is 1.93 bits per heavy atom. The van der Waals surface area contributed by atoms with Crippen molar-refractivity contribution in [2.45, 2.75) is 38.3 Å². The highest BCUT2D eigenvalue weighted by Crippen LogP contribution is 2.30. The first-order valence-electron chi connectivity index (χ1n) is 9.63. The van der Waals surface area contributed by atoms with E-state index in [9.17, 15) is 9.59 Å². The minimum atomic E-state index is -0.875. The van der Waals surface area contributed by atoms with Crippen molar-refractivity contribution in [2.75, 3.05) is 6.61 Å². The molecule has 1 amide bonds. The second kappa shape index (κ2) is 7.89. The largest absolute Gasteiger partial charge is 0.488 e. The van der Waals surface area contributed by atoms with Crippen LogP contribution in [0.3, 0.4) is 0 Å². The maximum Gasteiger partial charge on any atom is 0.338 e. The molecule has 1 aliphatic heterocycles. The zero-order valence-corrected chi connectivity index (χ0v) is 15.8. The van der Waals surface area contributed by atoms with Crippen LogP contribution in [0.25, 0.3) is 6.08 Å². The predicted molar refractivity (Wildman–Crippen MR) is 106 cm³/mol. The first-order chi connectivity index (χ1) is 13.6. The first-order valence-corrected chi connectivity index (χ1v) is 9.63. The summed E-state index contributed by atoms with van der Waals surface area (Å²) in [7, 11) is 0. The molecule has 0 bridgehead atoms. The Hall–Kier alpha value is -3.08. The van der Waals surface area contributed by atoms with Crippen LogP contribution in [0.1, 0.15) is 42.5 Å². The van der Waals surface area contributed by atoms with E-state index in [0.29, 0.717) is 5.57 Å². The van der Waals surface area contributed by atoms with Crippen molar-refractivity contribution in [1.29, 1.82) is 0 Å². The van der Waals surface area contributed by atoms with Crippen LogP contribution < -0.4 is 10.1 Å². The van der Waals surface area contributed by atoms with Gasteiger partial charge in [-0.3, -0.25) is 4.79 Å². The number of nitrogens with one attached hydrogen (secondary N) is 1. The van der Waals surface area contributed by atoms with Gasteiger partial charge in [0, 0.05) is 5.56 Å². The van der Waals surface area contributed by atoms with Crippen molar-refractivity contribution < 1.29 is 19.1 Å². The number of carbonyl (C=O) groups is 2. The van der Waals surface area contributed by atoms with Crippen LogP contribution in [0, 0.1) is 0 Å². The van der Waals surface area contributed by atoms with Crippen LogP contribution in [0.4, 0.5) is 0 Å². The van der Waals surface area contributed by atoms with Crippen LogP contribution in [0.2, 0.25) is 0 Å². The van der Waals surface area contributed by atoms with Gasteiger partial charge in [-0.05, 0) is 49.5 Å². The number of fused-ring (bicyclic) bond motifs is 2. The molecular formula is C23H23NO4. The van der Waals surface area contributed by atoms with Crippen molar-refractivity contribution in [3.05, 3.63) is 70.8 Å². The molecule has 0 unspecified atom stereocenters. The summed E-state index contributed by atoms with van der Waals surface area (Å²) in [6, 6.07) is 15.6. The lowest BCUT2D eigenvalue weighted by Crippen LogP contribution is -2.39. The van der Waals surface area contributed by atoms with Gasteiger partial charge in [0.2, 0.25) is 0 Å². The van der Waals surface area contributed by atoms with E-state index in [-0.39, 0.29) is 18.6 Å². The van der Waals surface area contributed by atoms with Gasteiger partial charge >= 0.3 is 5.97 Å². The van der Waals surface area contributed by atoms with Gasteiger partial charge in [-0.25, -0.2) is 4.79 Å². The summed E-state index contributed by atoms with van der Waals surface area (Å²) in [5, 5.41) is 3.03. The Balaban J connectivity index is 1.39. The molecule has 1 aliphatic carbocycles. The molecule has 2 aliphatic rings. The molecule has 28 heavy (non-hydrogen) atoms. The highest BCUT2D eigenvalue weighted by atomic mass is 16.6. The Labute approximate surface area is 164 Å². The van der Waals surface area contributed by atoms with E-state index >= 15 is 0 Å². The summed E-state index contributed by atoms with van der Waals surface area (Å²) in [5.74, 6) is -0.0743. The van der Waals surface area contributed by atoms with E-state index in [1.54, 1.807) is 13.0 Å². The van der Waals surface area contributed by atoms with Gasteiger partial charge in [0.1, 0.15) is 12.4 Å². The number of hydrogen-bond acceptors (Lipinski definition) is 4. The van der Waals surface area contributed by atoms with Gasteiger partial charge in [-0.2, -0.15) is 0 Å². The molecule has 5 nitrogen and oxygen atoms in total. The molecule has 0 aromatic heterocycles. The number of rotatable bonds is 4. The highest BCUT2D eigenvalue weighted by Gasteiger charge is 2.27. The van der Waals surface area contributed by atoms with E-state index in [0.717, 1.165) is 36.1 Å². The first kappa shape index (κ1) is 18.3. The van der Waals surface area contributed by atoms with Crippen LogP contribution in [-0.4, -0.2) is 24.6 Å². The van der Waals surface area contributed by atoms with Crippen molar-refractivity contribution in [3.63, 3.8) is 0 Å². The molecular weight excluding hydrogens is 354 g/mol. The average Bonchev–Trinajstić information content (AvgIpc) is 2.73. The fourth-order valence-corrected chi connectivity index (χ4v) is 3.72. The van der Waals surface area contributed by atoms with Gasteiger partial charge in [0.25, 0.3) is 5.91 Å². The number of aryl methyl sites for hydroxylation is 1. The third-order valence-corrected chi connectivity index (χ3v) is 5.23. The van der Waals surface area contributed by atoms with Gasteiger partial charge in [-0.15, -0.1) is 0 Å². The molecule has 0 fully saturated rings. The number of para-hydroxylation sites is 1. The minimum absolute atomic E-state index is 0.0392. The number of benzene rings is 2. The van der Waals surface area contributed by atoms with Crippen molar-refractivity contribution in [1.82, 2.24) is 5.32 Å². The van der Waals surface area contributed by atoms with Crippen molar-refractivity contribution in [2.24, 2.45) is 0 Å². The number of esters is 1. The molecule has 0 saturated carbocycles. The van der Waals surface area contributed by atoms with Crippen molar-refractivity contribution >= 4 is 18.0 Å². The molecule has 0 saturated heterocycles. The second-order valence-corrected chi connectivity index (χ2v) is 7.20. The van der Waals surface area contributed by atoms with Crippen LogP contribution in [-0.2, 0) is 20.7 Å². The lowest BCUT2D eigenvalue weighted by molar-refractivity contribution is -0.151. The van der Waals surface area contributed by atoms with Gasteiger partial charge < -0.3 is 14.8 Å². The summed E-state index contributed by atoms with van der Waals surface area (Å²) in [6.45, 7) is 1.74. The molecule has 2 aromatic carbocycles. The van der Waals surface area contributed by atoms with E-state index in [2.05, 4.69) is 17.4 Å². The molecule has 2 aromatic rings. The predicted octanol–water partition coefficient (Wildman–Crippen LogP) is 3.59. The molecule has 0 spiro atoms. The fraction of sp³-hybridized carbons (Fsp3) is 0.304. The maximum atomic E-state index is 12.6. The lowest BCUT2D eigenvalue weighted by atomic mass is 9.87. The average molecular weight is 377 g/mol. The molecule has 2 atom stereocenters. The molecule has 4 rings (SSSR count). The molecule has 5 heteroatoms. The lowest BCUT2D eigenvalue weighted by Gasteiger charge is -2.27. The summed E-state index contributed by atoms with van der Waals surface area (Å²) >= 11 is 0. The van der Waals surface area contributed by atoms with Crippen LogP contribution in [0.5, 0.6) is 5.75 Å². The standard InChI is InChI=1S/C23H23NO4/c1-15(22(25)24-20-11-6-9-16-7-2-4-10-19(16)20)28-23(26)18-13-17-8-3-5-12-21(17)27-14-18/h2-5,7-8,10,12-13,15,20H,6,9,11,14H2,1H3,(H,24,25)/t15-,20-/m0/s1.